The van der Waals surface area contributed by atoms with Gasteiger partial charge in [-0.3, -0.25) is 4.79 Å². The molecule has 3 nitrogen and oxygen atoms in total. The summed E-state index contributed by atoms with van der Waals surface area (Å²) >= 11 is 0. The molecule has 0 aliphatic rings. The minimum absolute atomic E-state index is 0.350. The zero-order valence-corrected chi connectivity index (χ0v) is 7.53. The second-order valence-electron chi connectivity index (χ2n) is 3.38. The highest BCUT2D eigenvalue weighted by Gasteiger charge is 2.27. The number of carboxylic acids is 1. The van der Waals surface area contributed by atoms with Crippen LogP contribution in [0, 0.1) is 0 Å². The number of nitrogens with two attached hydrogens (primary N) is 1. The third-order valence-corrected chi connectivity index (χ3v) is 1.90. The molecule has 0 amide bonds. The predicted octanol–water partition coefficient (Wildman–Crippen LogP) is 1.03. The summed E-state index contributed by atoms with van der Waals surface area (Å²) in [5.41, 5.74) is 5.35. The largest absolute Gasteiger partial charge is 0.480 e. The Hall–Kier alpha value is -1.35. The van der Waals surface area contributed by atoms with Crippen LogP contribution in [0.2, 0.25) is 0 Å². The van der Waals surface area contributed by atoms with E-state index in [1.165, 1.54) is 6.92 Å². The molecule has 0 saturated heterocycles. The molecule has 0 radical (unpaired) electrons. The molecule has 0 spiro atoms. The van der Waals surface area contributed by atoms with Gasteiger partial charge in [-0.25, -0.2) is 0 Å². The molecule has 0 saturated carbocycles. The first-order valence-corrected chi connectivity index (χ1v) is 4.08. The molecule has 3 heteroatoms. The molecule has 0 heterocycles. The van der Waals surface area contributed by atoms with Crippen molar-refractivity contribution in [1.82, 2.24) is 0 Å². The van der Waals surface area contributed by atoms with Crippen molar-refractivity contribution in [2.75, 3.05) is 0 Å². The van der Waals surface area contributed by atoms with Crippen LogP contribution in [0.4, 0.5) is 0 Å². The Labute approximate surface area is 77.2 Å². The number of benzene rings is 1. The zero-order valence-electron chi connectivity index (χ0n) is 7.53. The van der Waals surface area contributed by atoms with Gasteiger partial charge in [0, 0.05) is 6.42 Å². The molecule has 1 unspecified atom stereocenters. The first-order chi connectivity index (χ1) is 6.02. The predicted molar refractivity (Wildman–Crippen MR) is 50.4 cm³/mol. The van der Waals surface area contributed by atoms with E-state index < -0.39 is 11.5 Å². The van der Waals surface area contributed by atoms with Crippen LogP contribution in [0.3, 0.4) is 0 Å². The first-order valence-electron chi connectivity index (χ1n) is 4.08. The van der Waals surface area contributed by atoms with Crippen LogP contribution in [0.15, 0.2) is 30.3 Å². The Bertz CT molecular complexity index is 293. The first kappa shape index (κ1) is 9.74. The lowest BCUT2D eigenvalue weighted by Gasteiger charge is -2.18. The SMILES string of the molecule is CC(N)(Cc1ccccc1)C(=O)O. The third-order valence-electron chi connectivity index (χ3n) is 1.90. The van der Waals surface area contributed by atoms with Crippen molar-refractivity contribution in [1.29, 1.82) is 0 Å². The van der Waals surface area contributed by atoms with Crippen LogP contribution in [-0.2, 0) is 11.2 Å². The van der Waals surface area contributed by atoms with Gasteiger partial charge in [-0.15, -0.1) is 0 Å². The second kappa shape index (κ2) is 3.58. The van der Waals surface area contributed by atoms with E-state index in [0.29, 0.717) is 6.42 Å². The summed E-state index contributed by atoms with van der Waals surface area (Å²) in [5, 5.41) is 8.78. The lowest BCUT2D eigenvalue weighted by atomic mass is 9.94. The van der Waals surface area contributed by atoms with Crippen LogP contribution < -0.4 is 5.73 Å². The van der Waals surface area contributed by atoms with Crippen molar-refractivity contribution < 1.29 is 9.90 Å². The highest BCUT2D eigenvalue weighted by atomic mass is 16.4. The second-order valence-corrected chi connectivity index (χ2v) is 3.38. The van der Waals surface area contributed by atoms with E-state index in [9.17, 15) is 4.79 Å². The number of rotatable bonds is 3. The monoisotopic (exact) mass is 179 g/mol. The van der Waals surface area contributed by atoms with Gasteiger partial charge in [0.1, 0.15) is 5.54 Å². The van der Waals surface area contributed by atoms with Crippen LogP contribution in [0.1, 0.15) is 12.5 Å². The van der Waals surface area contributed by atoms with Gasteiger partial charge in [0.25, 0.3) is 0 Å². The minimum Gasteiger partial charge on any atom is -0.480 e. The maximum atomic E-state index is 10.7. The van der Waals surface area contributed by atoms with Crippen LogP contribution in [0.25, 0.3) is 0 Å². The van der Waals surface area contributed by atoms with Gasteiger partial charge in [0.15, 0.2) is 0 Å². The summed E-state index contributed by atoms with van der Waals surface area (Å²) in [6, 6.07) is 9.36. The molecule has 0 aromatic heterocycles. The normalized spacial score (nSPS) is 14.9. The number of carbonyl (C=O) groups is 1. The number of carboxylic acid groups (broad SMARTS) is 1. The van der Waals surface area contributed by atoms with Crippen molar-refractivity contribution in [3.63, 3.8) is 0 Å². The van der Waals surface area contributed by atoms with Crippen LogP contribution >= 0.6 is 0 Å². The van der Waals surface area contributed by atoms with E-state index in [1.54, 1.807) is 0 Å². The van der Waals surface area contributed by atoms with Gasteiger partial charge < -0.3 is 10.8 Å². The van der Waals surface area contributed by atoms with E-state index in [0.717, 1.165) is 5.56 Å². The van der Waals surface area contributed by atoms with Gasteiger partial charge in [-0.2, -0.15) is 0 Å². The van der Waals surface area contributed by atoms with Gasteiger partial charge >= 0.3 is 5.97 Å². The van der Waals surface area contributed by atoms with Crippen molar-refractivity contribution in [3.05, 3.63) is 35.9 Å². The molecule has 1 rings (SSSR count). The van der Waals surface area contributed by atoms with Crippen molar-refractivity contribution >= 4 is 5.97 Å². The van der Waals surface area contributed by atoms with Crippen LogP contribution in [0.5, 0.6) is 0 Å². The summed E-state index contributed by atoms with van der Waals surface area (Å²) < 4.78 is 0. The van der Waals surface area contributed by atoms with E-state index >= 15 is 0 Å². The Morgan fingerprint density at radius 1 is 1.46 bits per heavy atom. The Morgan fingerprint density at radius 3 is 2.46 bits per heavy atom. The van der Waals surface area contributed by atoms with Gasteiger partial charge in [0.2, 0.25) is 0 Å². The highest BCUT2D eigenvalue weighted by Crippen LogP contribution is 2.10. The van der Waals surface area contributed by atoms with Crippen molar-refractivity contribution in [2.24, 2.45) is 5.73 Å². The van der Waals surface area contributed by atoms with E-state index in [2.05, 4.69) is 0 Å². The maximum Gasteiger partial charge on any atom is 0.323 e. The van der Waals surface area contributed by atoms with E-state index in [1.807, 2.05) is 30.3 Å². The molecule has 0 aliphatic carbocycles. The summed E-state index contributed by atoms with van der Waals surface area (Å²) in [6.45, 7) is 1.52. The molecule has 70 valence electrons. The fourth-order valence-electron chi connectivity index (χ4n) is 1.10. The fourth-order valence-corrected chi connectivity index (χ4v) is 1.10. The standard InChI is InChI=1S/C10H13NO2/c1-10(11,9(12)13)7-8-5-3-2-4-6-8/h2-6H,7,11H2,1H3,(H,12,13). The Kier molecular flexibility index (Phi) is 2.68. The quantitative estimate of drug-likeness (QED) is 0.728. The third kappa shape index (κ3) is 2.56. The van der Waals surface area contributed by atoms with Gasteiger partial charge in [-0.1, -0.05) is 30.3 Å². The smallest absolute Gasteiger partial charge is 0.323 e. The van der Waals surface area contributed by atoms with Crippen molar-refractivity contribution in [3.8, 4) is 0 Å². The number of hydrogen-bond donors (Lipinski definition) is 2. The number of hydrogen-bond acceptors (Lipinski definition) is 2. The lowest BCUT2D eigenvalue weighted by molar-refractivity contribution is -0.142. The average Bonchev–Trinajstić information content (AvgIpc) is 2.05. The molecule has 1 aromatic carbocycles. The van der Waals surface area contributed by atoms with Gasteiger partial charge in [-0.05, 0) is 12.5 Å². The molecule has 0 aliphatic heterocycles. The topological polar surface area (TPSA) is 63.3 Å². The van der Waals surface area contributed by atoms with E-state index in [4.69, 9.17) is 10.8 Å². The maximum absolute atomic E-state index is 10.7. The molecule has 1 aromatic rings. The molecule has 0 fully saturated rings. The zero-order chi connectivity index (χ0) is 9.90. The molecule has 0 bridgehead atoms. The summed E-state index contributed by atoms with van der Waals surface area (Å²) in [5.74, 6) is -0.976. The molecular formula is C10H13NO2. The minimum atomic E-state index is -1.18. The van der Waals surface area contributed by atoms with E-state index in [-0.39, 0.29) is 0 Å². The van der Waals surface area contributed by atoms with Crippen molar-refractivity contribution in [2.45, 2.75) is 18.9 Å². The average molecular weight is 179 g/mol. The Balaban J connectivity index is 2.75. The fraction of sp³-hybridized carbons (Fsp3) is 0.300. The molecule has 13 heavy (non-hydrogen) atoms. The lowest BCUT2D eigenvalue weighted by Crippen LogP contribution is -2.46. The van der Waals surface area contributed by atoms with Crippen LogP contribution in [-0.4, -0.2) is 16.6 Å². The Morgan fingerprint density at radius 2 is 2.00 bits per heavy atom. The number of aliphatic carboxylic acids is 1. The summed E-state index contributed by atoms with van der Waals surface area (Å²) in [7, 11) is 0. The highest BCUT2D eigenvalue weighted by molar-refractivity contribution is 5.78. The summed E-state index contributed by atoms with van der Waals surface area (Å²) in [6.07, 6.45) is 0.350. The molecule has 1 atom stereocenters. The summed E-state index contributed by atoms with van der Waals surface area (Å²) in [4.78, 5) is 10.7. The molecule has 3 N–H and O–H groups in total. The molecular weight excluding hydrogens is 166 g/mol. The van der Waals surface area contributed by atoms with Gasteiger partial charge in [0.05, 0.1) is 0 Å².